The molecule has 0 saturated heterocycles. The zero-order chi connectivity index (χ0) is 6.69. The molecule has 0 aliphatic carbocycles. The van der Waals surface area contributed by atoms with Gasteiger partial charge in [-0.05, 0) is 12.1 Å². The van der Waals surface area contributed by atoms with E-state index in [1.165, 1.54) is 7.11 Å². The van der Waals surface area contributed by atoms with E-state index in [0.717, 1.165) is 0 Å². The third-order valence-corrected chi connectivity index (χ3v) is 1.09. The number of aromatic hydroxyl groups is 1. The molecule has 0 radical (unpaired) electrons. The molecule has 1 aromatic carbocycles. The number of phenols is 1. The van der Waals surface area contributed by atoms with E-state index in [2.05, 4.69) is 0 Å². The third-order valence-electron chi connectivity index (χ3n) is 1.09. The third kappa shape index (κ3) is 2.60. The summed E-state index contributed by atoms with van der Waals surface area (Å²) in [6.07, 6.45) is 0. The van der Waals surface area contributed by atoms with E-state index in [-0.39, 0.29) is 57.1 Å². The van der Waals surface area contributed by atoms with Gasteiger partial charge < -0.3 is 9.84 Å². The molecule has 50 valence electrons. The van der Waals surface area contributed by atoms with Crippen LogP contribution in [0.2, 0.25) is 0 Å². The molecular formula is C7H9KO2. The zero-order valence-electron chi connectivity index (χ0n) is 5.16. The van der Waals surface area contributed by atoms with Gasteiger partial charge in [0, 0.05) is 0 Å². The molecule has 0 saturated carbocycles. The van der Waals surface area contributed by atoms with Crippen LogP contribution in [0, 0.1) is 0 Å². The number of ether oxygens (including phenoxy) is 1. The molecule has 0 spiro atoms. The monoisotopic (exact) mass is 164 g/mol. The molecular weight excluding hydrogens is 155 g/mol. The standard InChI is InChI=1S/C7H8O2.K.H/c1-9-7-5-3-2-4-6(7)8;;/h2-5,8H,1H3;;. The van der Waals surface area contributed by atoms with E-state index < -0.39 is 0 Å². The first kappa shape index (κ1) is 10.5. The van der Waals surface area contributed by atoms with Crippen molar-refractivity contribution in [2.24, 2.45) is 0 Å². The number of methoxy groups -OCH3 is 1. The van der Waals surface area contributed by atoms with E-state index in [1.54, 1.807) is 24.3 Å². The molecule has 0 aliphatic rings. The molecule has 2 nitrogen and oxygen atoms in total. The van der Waals surface area contributed by atoms with Gasteiger partial charge in [-0.15, -0.1) is 0 Å². The van der Waals surface area contributed by atoms with Gasteiger partial charge in [-0.2, -0.15) is 0 Å². The second-order valence-electron chi connectivity index (χ2n) is 1.67. The van der Waals surface area contributed by atoms with Crippen molar-refractivity contribution in [2.45, 2.75) is 0 Å². The molecule has 0 aliphatic heterocycles. The minimum absolute atomic E-state index is 0. The first-order chi connectivity index (χ1) is 4.34. The van der Waals surface area contributed by atoms with Crippen LogP contribution >= 0.6 is 0 Å². The van der Waals surface area contributed by atoms with Gasteiger partial charge in [-0.1, -0.05) is 12.1 Å². The van der Waals surface area contributed by atoms with Crippen molar-refractivity contribution in [1.82, 2.24) is 0 Å². The van der Waals surface area contributed by atoms with Gasteiger partial charge in [0.25, 0.3) is 0 Å². The maximum atomic E-state index is 8.99. The van der Waals surface area contributed by atoms with Crippen LogP contribution < -0.4 is 4.74 Å². The average molecular weight is 164 g/mol. The van der Waals surface area contributed by atoms with Gasteiger partial charge >= 0.3 is 51.4 Å². The number of hydrogen-bond acceptors (Lipinski definition) is 2. The molecule has 0 unspecified atom stereocenters. The molecule has 1 aromatic rings. The molecule has 0 atom stereocenters. The molecule has 1 rings (SSSR count). The second kappa shape index (κ2) is 5.15. The summed E-state index contributed by atoms with van der Waals surface area (Å²) in [6.45, 7) is 0. The number of benzene rings is 1. The Morgan fingerprint density at radius 2 is 1.90 bits per heavy atom. The Morgan fingerprint density at radius 3 is 2.30 bits per heavy atom. The Labute approximate surface area is 103 Å². The molecule has 3 heteroatoms. The zero-order valence-corrected chi connectivity index (χ0v) is 5.16. The predicted molar refractivity (Wildman–Crippen MR) is 41.8 cm³/mol. The second-order valence-corrected chi connectivity index (χ2v) is 1.67. The van der Waals surface area contributed by atoms with Gasteiger partial charge in [-0.3, -0.25) is 0 Å². The Kier molecular flexibility index (Phi) is 5.39. The van der Waals surface area contributed by atoms with Gasteiger partial charge in [0.1, 0.15) is 0 Å². The summed E-state index contributed by atoms with van der Waals surface area (Å²) in [5.41, 5.74) is 0. The van der Waals surface area contributed by atoms with E-state index in [4.69, 9.17) is 9.84 Å². The molecule has 0 heterocycles. The van der Waals surface area contributed by atoms with Crippen molar-refractivity contribution in [1.29, 1.82) is 0 Å². The van der Waals surface area contributed by atoms with Crippen molar-refractivity contribution in [3.63, 3.8) is 0 Å². The van der Waals surface area contributed by atoms with E-state index in [0.29, 0.717) is 5.75 Å². The van der Waals surface area contributed by atoms with Crippen molar-refractivity contribution in [2.75, 3.05) is 7.11 Å². The number of phenolic OH excluding ortho intramolecular Hbond substituents is 1. The van der Waals surface area contributed by atoms with Crippen molar-refractivity contribution in [3.05, 3.63) is 24.3 Å². The van der Waals surface area contributed by atoms with Gasteiger partial charge in [0.15, 0.2) is 11.5 Å². The Morgan fingerprint density at radius 1 is 1.30 bits per heavy atom. The fourth-order valence-corrected chi connectivity index (χ4v) is 0.630. The van der Waals surface area contributed by atoms with E-state index in [1.807, 2.05) is 0 Å². The van der Waals surface area contributed by atoms with Crippen molar-refractivity contribution < 1.29 is 9.84 Å². The fourth-order valence-electron chi connectivity index (χ4n) is 0.630. The Balaban J connectivity index is 0.000000810. The summed E-state index contributed by atoms with van der Waals surface area (Å²) in [5.74, 6) is 0.692. The van der Waals surface area contributed by atoms with Crippen molar-refractivity contribution >= 4 is 51.4 Å². The van der Waals surface area contributed by atoms with Crippen LogP contribution in [0.25, 0.3) is 0 Å². The van der Waals surface area contributed by atoms with Gasteiger partial charge in [-0.25, -0.2) is 0 Å². The molecule has 0 aromatic heterocycles. The molecule has 0 bridgehead atoms. The molecule has 10 heavy (non-hydrogen) atoms. The van der Waals surface area contributed by atoms with Crippen LogP contribution in [0.4, 0.5) is 0 Å². The van der Waals surface area contributed by atoms with Gasteiger partial charge in [0.05, 0.1) is 7.11 Å². The van der Waals surface area contributed by atoms with Crippen LogP contribution in [-0.4, -0.2) is 63.6 Å². The maximum absolute atomic E-state index is 8.99. The summed E-state index contributed by atoms with van der Waals surface area (Å²) >= 11 is 0. The Bertz CT molecular complexity index is 201. The molecule has 1 N–H and O–H groups in total. The quantitative estimate of drug-likeness (QED) is 0.621. The number of rotatable bonds is 1. The van der Waals surface area contributed by atoms with Crippen LogP contribution in [0.5, 0.6) is 11.5 Å². The number of para-hydroxylation sites is 2. The average Bonchev–Trinajstić information content (AvgIpc) is 1.89. The van der Waals surface area contributed by atoms with Crippen LogP contribution in [0.15, 0.2) is 24.3 Å². The van der Waals surface area contributed by atoms with E-state index >= 15 is 0 Å². The van der Waals surface area contributed by atoms with Crippen LogP contribution in [0.1, 0.15) is 0 Å². The predicted octanol–water partition coefficient (Wildman–Crippen LogP) is 0.752. The van der Waals surface area contributed by atoms with Gasteiger partial charge in [0.2, 0.25) is 0 Å². The summed E-state index contributed by atoms with van der Waals surface area (Å²) in [4.78, 5) is 0. The van der Waals surface area contributed by atoms with Crippen LogP contribution in [-0.2, 0) is 0 Å². The molecule has 0 fully saturated rings. The van der Waals surface area contributed by atoms with E-state index in [9.17, 15) is 0 Å². The number of hydrogen-bond donors (Lipinski definition) is 1. The summed E-state index contributed by atoms with van der Waals surface area (Å²) < 4.78 is 4.79. The first-order valence-electron chi connectivity index (χ1n) is 2.66. The first-order valence-corrected chi connectivity index (χ1v) is 2.66. The summed E-state index contributed by atoms with van der Waals surface area (Å²) in [6, 6.07) is 6.84. The molecule has 0 amide bonds. The summed E-state index contributed by atoms with van der Waals surface area (Å²) in [5, 5.41) is 8.99. The normalized spacial score (nSPS) is 8.10. The van der Waals surface area contributed by atoms with Crippen LogP contribution in [0.3, 0.4) is 0 Å². The Hall–Kier alpha value is 0.456. The SMILES string of the molecule is COc1ccccc1O.[KH]. The fraction of sp³-hybridized carbons (Fsp3) is 0.143. The minimum atomic E-state index is 0. The summed E-state index contributed by atoms with van der Waals surface area (Å²) in [7, 11) is 1.52. The topological polar surface area (TPSA) is 29.5 Å². The van der Waals surface area contributed by atoms with Crippen molar-refractivity contribution in [3.8, 4) is 11.5 Å².